The fourth-order valence-electron chi connectivity index (χ4n) is 2.79. The molecule has 0 aliphatic rings. The summed E-state index contributed by atoms with van der Waals surface area (Å²) in [5.74, 6) is -3.32. The highest BCUT2D eigenvalue weighted by molar-refractivity contribution is 7.80. The second kappa shape index (κ2) is 12.9. The third kappa shape index (κ3) is 8.39. The average molecular weight is 469 g/mol. The van der Waals surface area contributed by atoms with Crippen LogP contribution in [0, 0.1) is 5.92 Å². The molecule has 0 saturated carbocycles. The van der Waals surface area contributed by atoms with E-state index in [2.05, 4.69) is 28.6 Å². The summed E-state index contributed by atoms with van der Waals surface area (Å²) in [7, 11) is 0. The average Bonchev–Trinajstić information content (AvgIpc) is 2.75. The van der Waals surface area contributed by atoms with Gasteiger partial charge in [-0.25, -0.2) is 4.79 Å². The lowest BCUT2D eigenvalue weighted by atomic mass is 9.99. The van der Waals surface area contributed by atoms with Crippen LogP contribution in [0.2, 0.25) is 0 Å². The zero-order chi connectivity index (χ0) is 24.4. The van der Waals surface area contributed by atoms with Gasteiger partial charge in [0.25, 0.3) is 0 Å². The number of thiol groups is 1. The number of carboxylic acid groups (broad SMARTS) is 1. The Morgan fingerprint density at radius 3 is 2.09 bits per heavy atom. The van der Waals surface area contributed by atoms with Crippen molar-refractivity contribution in [3.8, 4) is 5.75 Å². The summed E-state index contributed by atoms with van der Waals surface area (Å²) < 4.78 is 0. The molecule has 5 unspecified atom stereocenters. The maximum atomic E-state index is 12.5. The SMILES string of the molecule is CCC(C)C(NC(=O)C(CS)NC(=O)C(C)NC(=O)C(N)Cc1ccc(O)cc1)C(=O)O. The van der Waals surface area contributed by atoms with Crippen molar-refractivity contribution in [3.05, 3.63) is 29.8 Å². The predicted molar refractivity (Wildman–Crippen MR) is 122 cm³/mol. The molecule has 0 heterocycles. The van der Waals surface area contributed by atoms with Crippen LogP contribution in [0.1, 0.15) is 32.8 Å². The largest absolute Gasteiger partial charge is 0.508 e. The lowest BCUT2D eigenvalue weighted by Gasteiger charge is -2.24. The molecule has 1 aromatic rings. The molecule has 0 spiro atoms. The van der Waals surface area contributed by atoms with Gasteiger partial charge in [-0.3, -0.25) is 14.4 Å². The molecule has 10 nitrogen and oxygen atoms in total. The molecular formula is C21H32N4O6S. The molecule has 1 aromatic carbocycles. The number of hydrogen-bond acceptors (Lipinski definition) is 7. The normalized spacial score (nSPS) is 15.5. The first kappa shape index (κ1) is 27.2. The number of nitrogens with two attached hydrogens (primary N) is 1. The molecular weight excluding hydrogens is 436 g/mol. The molecule has 5 atom stereocenters. The van der Waals surface area contributed by atoms with E-state index < -0.39 is 47.9 Å². The Bertz CT molecular complexity index is 804. The minimum atomic E-state index is -1.17. The fraction of sp³-hybridized carbons (Fsp3) is 0.524. The van der Waals surface area contributed by atoms with Gasteiger partial charge in [-0.2, -0.15) is 12.6 Å². The number of carbonyl (C=O) groups is 4. The van der Waals surface area contributed by atoms with Crippen LogP contribution in [-0.2, 0) is 25.6 Å². The molecule has 0 aromatic heterocycles. The number of aromatic hydroxyl groups is 1. The summed E-state index contributed by atoms with van der Waals surface area (Å²) in [6, 6.07) is 2.14. The highest BCUT2D eigenvalue weighted by Gasteiger charge is 2.30. The van der Waals surface area contributed by atoms with Crippen molar-refractivity contribution in [1.82, 2.24) is 16.0 Å². The van der Waals surface area contributed by atoms with E-state index in [1.165, 1.54) is 19.1 Å². The van der Waals surface area contributed by atoms with Crippen LogP contribution < -0.4 is 21.7 Å². The van der Waals surface area contributed by atoms with Gasteiger partial charge in [0.1, 0.15) is 23.9 Å². The van der Waals surface area contributed by atoms with Gasteiger partial charge in [-0.1, -0.05) is 32.4 Å². The predicted octanol–water partition coefficient (Wildman–Crippen LogP) is -0.203. The Labute approximate surface area is 192 Å². The molecule has 7 N–H and O–H groups in total. The lowest BCUT2D eigenvalue weighted by molar-refractivity contribution is -0.143. The number of phenolic OH excluding ortho intramolecular Hbond substituents is 1. The summed E-state index contributed by atoms with van der Waals surface area (Å²) in [5.41, 5.74) is 6.64. The van der Waals surface area contributed by atoms with E-state index in [9.17, 15) is 29.4 Å². The third-order valence-electron chi connectivity index (χ3n) is 5.07. The van der Waals surface area contributed by atoms with Gasteiger partial charge in [-0.15, -0.1) is 0 Å². The molecule has 32 heavy (non-hydrogen) atoms. The topological polar surface area (TPSA) is 171 Å². The van der Waals surface area contributed by atoms with E-state index in [0.717, 1.165) is 5.56 Å². The van der Waals surface area contributed by atoms with Crippen molar-refractivity contribution < 1.29 is 29.4 Å². The number of nitrogens with one attached hydrogen (secondary N) is 3. The van der Waals surface area contributed by atoms with Crippen LogP contribution in [0.5, 0.6) is 5.75 Å². The lowest BCUT2D eigenvalue weighted by Crippen LogP contribution is -2.57. The Kier molecular flexibility index (Phi) is 11.0. The number of amides is 3. The zero-order valence-corrected chi connectivity index (χ0v) is 19.3. The number of rotatable bonds is 12. The molecule has 11 heteroatoms. The Morgan fingerprint density at radius 1 is 1.00 bits per heavy atom. The maximum Gasteiger partial charge on any atom is 0.326 e. The Hall–Kier alpha value is -2.79. The van der Waals surface area contributed by atoms with Crippen molar-refractivity contribution >= 4 is 36.3 Å². The van der Waals surface area contributed by atoms with E-state index in [0.29, 0.717) is 6.42 Å². The van der Waals surface area contributed by atoms with E-state index in [1.807, 2.05) is 0 Å². The standard InChI is InChI=1S/C21H32N4O6S/c1-4-11(2)17(21(30)31)25-20(29)16(10-32)24-18(27)12(3)23-19(28)15(22)9-13-5-7-14(26)8-6-13/h5-8,11-12,15-17,26,32H,4,9-10,22H2,1-3H3,(H,23,28)(H,24,27)(H,25,29)(H,30,31). The zero-order valence-electron chi connectivity index (χ0n) is 18.4. The molecule has 1 rings (SSSR count). The smallest absolute Gasteiger partial charge is 0.326 e. The summed E-state index contributed by atoms with van der Waals surface area (Å²) in [6.45, 7) is 4.95. The van der Waals surface area contributed by atoms with Crippen molar-refractivity contribution in [1.29, 1.82) is 0 Å². The fourth-order valence-corrected chi connectivity index (χ4v) is 3.05. The van der Waals surface area contributed by atoms with E-state index in [4.69, 9.17) is 5.73 Å². The molecule has 3 amide bonds. The molecule has 0 bridgehead atoms. The second-order valence-electron chi connectivity index (χ2n) is 7.66. The highest BCUT2D eigenvalue weighted by atomic mass is 32.1. The molecule has 0 saturated heterocycles. The maximum absolute atomic E-state index is 12.5. The summed E-state index contributed by atoms with van der Waals surface area (Å²) in [4.78, 5) is 48.7. The summed E-state index contributed by atoms with van der Waals surface area (Å²) in [5, 5.41) is 26.0. The van der Waals surface area contributed by atoms with Gasteiger partial charge >= 0.3 is 5.97 Å². The minimum absolute atomic E-state index is 0.0640. The van der Waals surface area contributed by atoms with Crippen LogP contribution in [0.3, 0.4) is 0 Å². The number of carbonyl (C=O) groups excluding carboxylic acids is 3. The first-order chi connectivity index (χ1) is 15.0. The van der Waals surface area contributed by atoms with Crippen molar-refractivity contribution in [2.45, 2.75) is 57.8 Å². The summed E-state index contributed by atoms with van der Waals surface area (Å²) in [6.07, 6.45) is 0.747. The molecule has 0 radical (unpaired) electrons. The molecule has 178 valence electrons. The first-order valence-electron chi connectivity index (χ1n) is 10.3. The van der Waals surface area contributed by atoms with E-state index >= 15 is 0 Å². The van der Waals surface area contributed by atoms with Crippen molar-refractivity contribution in [2.24, 2.45) is 11.7 Å². The van der Waals surface area contributed by atoms with Crippen LogP contribution in [0.4, 0.5) is 0 Å². The third-order valence-corrected chi connectivity index (χ3v) is 5.44. The number of benzene rings is 1. The van der Waals surface area contributed by atoms with E-state index in [1.54, 1.807) is 26.0 Å². The van der Waals surface area contributed by atoms with Crippen LogP contribution in [0.15, 0.2) is 24.3 Å². The molecule has 0 aliphatic carbocycles. The van der Waals surface area contributed by atoms with Crippen molar-refractivity contribution in [3.63, 3.8) is 0 Å². The highest BCUT2D eigenvalue weighted by Crippen LogP contribution is 2.11. The van der Waals surface area contributed by atoms with Crippen LogP contribution >= 0.6 is 12.6 Å². The molecule has 0 fully saturated rings. The first-order valence-corrected chi connectivity index (χ1v) is 10.9. The minimum Gasteiger partial charge on any atom is -0.508 e. The van der Waals surface area contributed by atoms with Gasteiger partial charge in [-0.05, 0) is 37.0 Å². The second-order valence-corrected chi connectivity index (χ2v) is 8.03. The van der Waals surface area contributed by atoms with Crippen LogP contribution in [-0.4, -0.2) is 63.8 Å². The number of phenols is 1. The monoisotopic (exact) mass is 468 g/mol. The quantitative estimate of drug-likeness (QED) is 0.208. The van der Waals surface area contributed by atoms with Gasteiger partial charge in [0.05, 0.1) is 6.04 Å². The number of carboxylic acids is 1. The van der Waals surface area contributed by atoms with Gasteiger partial charge < -0.3 is 31.9 Å². The van der Waals surface area contributed by atoms with Crippen molar-refractivity contribution in [2.75, 3.05) is 5.75 Å². The van der Waals surface area contributed by atoms with Gasteiger partial charge in [0.15, 0.2) is 0 Å². The number of hydrogen-bond donors (Lipinski definition) is 7. The Morgan fingerprint density at radius 2 is 1.59 bits per heavy atom. The number of aliphatic carboxylic acids is 1. The van der Waals surface area contributed by atoms with Crippen LogP contribution in [0.25, 0.3) is 0 Å². The summed E-state index contributed by atoms with van der Waals surface area (Å²) >= 11 is 4.06. The van der Waals surface area contributed by atoms with E-state index in [-0.39, 0.29) is 23.8 Å². The van der Waals surface area contributed by atoms with Gasteiger partial charge in [0.2, 0.25) is 17.7 Å². The van der Waals surface area contributed by atoms with Gasteiger partial charge in [0, 0.05) is 5.75 Å². The molecule has 0 aliphatic heterocycles. The Balaban J connectivity index is 2.65.